The molecule has 1 heterocycles. The van der Waals surface area contributed by atoms with Crippen molar-refractivity contribution in [3.05, 3.63) is 53.1 Å². The van der Waals surface area contributed by atoms with E-state index in [9.17, 15) is 27.9 Å². The molecule has 0 saturated carbocycles. The third kappa shape index (κ3) is 4.05. The number of hydrogen-bond acceptors (Lipinski definition) is 5. The molecule has 142 valence electrons. The minimum atomic E-state index is -4.48. The van der Waals surface area contributed by atoms with Crippen molar-refractivity contribution in [1.29, 1.82) is 0 Å². The Morgan fingerprint density at radius 2 is 1.56 bits per heavy atom. The van der Waals surface area contributed by atoms with Crippen LogP contribution in [0, 0.1) is 0 Å². The Morgan fingerprint density at radius 1 is 0.926 bits per heavy atom. The monoisotopic (exact) mass is 380 g/mol. The lowest BCUT2D eigenvalue weighted by atomic mass is 9.99. The molecule has 1 aliphatic rings. The summed E-state index contributed by atoms with van der Waals surface area (Å²) in [6, 6.07) is 6.69. The van der Waals surface area contributed by atoms with Crippen LogP contribution in [0.15, 0.2) is 36.4 Å². The van der Waals surface area contributed by atoms with E-state index >= 15 is 0 Å². The molecule has 0 aromatic heterocycles. The van der Waals surface area contributed by atoms with Gasteiger partial charge in [0, 0.05) is 18.4 Å². The number of rotatable bonds is 5. The molecule has 0 fully saturated rings. The first-order valence-corrected chi connectivity index (χ1v) is 8.12. The number of phenols is 1. The summed E-state index contributed by atoms with van der Waals surface area (Å²) >= 11 is 0. The van der Waals surface area contributed by atoms with Gasteiger partial charge in [0.25, 0.3) is 0 Å². The van der Waals surface area contributed by atoms with E-state index in [0.29, 0.717) is 12.4 Å². The number of hydrogen-bond donors (Lipinski definition) is 1. The van der Waals surface area contributed by atoms with Crippen molar-refractivity contribution in [3.8, 4) is 17.2 Å². The van der Waals surface area contributed by atoms with Gasteiger partial charge in [-0.1, -0.05) is 12.1 Å². The number of ketones is 2. The van der Waals surface area contributed by atoms with E-state index in [2.05, 4.69) is 0 Å². The lowest BCUT2D eigenvalue weighted by Crippen LogP contribution is -2.16. The third-order valence-electron chi connectivity index (χ3n) is 4.10. The molecule has 0 radical (unpaired) electrons. The predicted molar refractivity (Wildman–Crippen MR) is 88.4 cm³/mol. The lowest BCUT2D eigenvalue weighted by molar-refractivity contribution is -0.137. The van der Waals surface area contributed by atoms with Gasteiger partial charge in [0.15, 0.2) is 23.1 Å². The molecule has 2 aromatic rings. The summed E-state index contributed by atoms with van der Waals surface area (Å²) in [5.74, 6) is -0.879. The Morgan fingerprint density at radius 3 is 2.22 bits per heavy atom. The highest BCUT2D eigenvalue weighted by molar-refractivity contribution is 6.04. The summed E-state index contributed by atoms with van der Waals surface area (Å²) in [4.78, 5) is 24.4. The van der Waals surface area contributed by atoms with Gasteiger partial charge in [-0.25, -0.2) is 0 Å². The normalized spacial score (nSPS) is 13.3. The van der Waals surface area contributed by atoms with Crippen LogP contribution < -0.4 is 9.47 Å². The van der Waals surface area contributed by atoms with Gasteiger partial charge in [-0.2, -0.15) is 13.2 Å². The maximum absolute atomic E-state index is 12.5. The Hall–Kier alpha value is -3.03. The molecule has 2 aromatic carbocycles. The van der Waals surface area contributed by atoms with E-state index < -0.39 is 23.3 Å². The summed E-state index contributed by atoms with van der Waals surface area (Å²) in [5, 5.41) is 10.2. The SMILES string of the molecule is O=C(CCC(=O)c1ccc2c(c1O)OCCO2)c1ccc(C(F)(F)F)cc1. The summed E-state index contributed by atoms with van der Waals surface area (Å²) < 4.78 is 48.2. The van der Waals surface area contributed by atoms with Crippen molar-refractivity contribution in [2.24, 2.45) is 0 Å². The first-order chi connectivity index (χ1) is 12.8. The van der Waals surface area contributed by atoms with Crippen molar-refractivity contribution >= 4 is 11.6 Å². The minimum Gasteiger partial charge on any atom is -0.504 e. The second-order valence-corrected chi connectivity index (χ2v) is 5.91. The maximum atomic E-state index is 12.5. The van der Waals surface area contributed by atoms with Crippen LogP contribution in [0.3, 0.4) is 0 Å². The fraction of sp³-hybridized carbons (Fsp3) is 0.263. The zero-order valence-corrected chi connectivity index (χ0v) is 14.0. The number of benzene rings is 2. The number of Topliss-reactive ketones (excluding diaryl/α,β-unsaturated/α-hetero) is 2. The van der Waals surface area contributed by atoms with Crippen molar-refractivity contribution in [2.75, 3.05) is 13.2 Å². The molecule has 3 rings (SSSR count). The molecular weight excluding hydrogens is 365 g/mol. The van der Waals surface area contributed by atoms with Gasteiger partial charge in [0.05, 0.1) is 11.1 Å². The van der Waals surface area contributed by atoms with E-state index in [1.54, 1.807) is 0 Å². The van der Waals surface area contributed by atoms with E-state index in [1.165, 1.54) is 12.1 Å². The molecule has 1 aliphatic heterocycles. The molecule has 0 unspecified atom stereocenters. The van der Waals surface area contributed by atoms with Crippen LogP contribution in [0.2, 0.25) is 0 Å². The largest absolute Gasteiger partial charge is 0.504 e. The maximum Gasteiger partial charge on any atom is 0.416 e. The number of carbonyl (C=O) groups excluding carboxylic acids is 2. The van der Waals surface area contributed by atoms with Crippen molar-refractivity contribution in [1.82, 2.24) is 0 Å². The summed E-state index contributed by atoms with van der Waals surface area (Å²) in [7, 11) is 0. The smallest absolute Gasteiger partial charge is 0.416 e. The number of aromatic hydroxyl groups is 1. The van der Waals surface area contributed by atoms with Crippen molar-refractivity contribution in [2.45, 2.75) is 19.0 Å². The summed E-state index contributed by atoms with van der Waals surface area (Å²) in [6.45, 7) is 0.575. The standard InChI is InChI=1S/C19H15F3O5/c20-19(21,22)12-3-1-11(2-4-12)14(23)6-7-15(24)13-5-8-16-18(17(13)25)27-10-9-26-16/h1-5,8,25H,6-7,9-10H2. The fourth-order valence-electron chi connectivity index (χ4n) is 2.68. The Labute approximate surface area is 152 Å². The summed E-state index contributed by atoms with van der Waals surface area (Å²) in [5.41, 5.74) is -0.766. The van der Waals surface area contributed by atoms with Gasteiger partial charge in [0.1, 0.15) is 13.2 Å². The number of ether oxygens (including phenoxy) is 2. The van der Waals surface area contributed by atoms with E-state index in [1.807, 2.05) is 0 Å². The Balaban J connectivity index is 1.66. The second kappa shape index (κ2) is 7.30. The molecule has 5 nitrogen and oxygen atoms in total. The molecule has 0 spiro atoms. The van der Waals surface area contributed by atoms with Crippen LogP contribution in [-0.4, -0.2) is 29.9 Å². The zero-order valence-electron chi connectivity index (χ0n) is 14.0. The second-order valence-electron chi connectivity index (χ2n) is 5.91. The number of fused-ring (bicyclic) bond motifs is 1. The highest BCUT2D eigenvalue weighted by Crippen LogP contribution is 2.41. The average molecular weight is 380 g/mol. The highest BCUT2D eigenvalue weighted by atomic mass is 19.4. The van der Waals surface area contributed by atoms with Gasteiger partial charge in [-0.05, 0) is 24.3 Å². The number of halogens is 3. The van der Waals surface area contributed by atoms with E-state index in [-0.39, 0.29) is 42.1 Å². The van der Waals surface area contributed by atoms with E-state index in [0.717, 1.165) is 24.3 Å². The molecule has 0 aliphatic carbocycles. The van der Waals surface area contributed by atoms with Gasteiger partial charge in [-0.15, -0.1) is 0 Å². The number of alkyl halides is 3. The highest BCUT2D eigenvalue weighted by Gasteiger charge is 2.30. The van der Waals surface area contributed by atoms with Crippen LogP contribution in [0.25, 0.3) is 0 Å². The molecule has 0 bridgehead atoms. The number of phenolic OH excluding ortho intramolecular Hbond substituents is 1. The van der Waals surface area contributed by atoms with Crippen molar-refractivity contribution < 1.29 is 37.3 Å². The zero-order chi connectivity index (χ0) is 19.6. The lowest BCUT2D eigenvalue weighted by Gasteiger charge is -2.20. The Bertz CT molecular complexity index is 872. The van der Waals surface area contributed by atoms with Crippen LogP contribution in [0.5, 0.6) is 17.2 Å². The van der Waals surface area contributed by atoms with Gasteiger partial charge in [-0.3, -0.25) is 9.59 Å². The van der Waals surface area contributed by atoms with Gasteiger partial charge < -0.3 is 14.6 Å². The van der Waals surface area contributed by atoms with Crippen LogP contribution in [0.1, 0.15) is 39.1 Å². The molecule has 0 amide bonds. The molecule has 27 heavy (non-hydrogen) atoms. The van der Waals surface area contributed by atoms with Gasteiger partial charge in [0.2, 0.25) is 5.75 Å². The molecule has 8 heteroatoms. The molecule has 1 N–H and O–H groups in total. The first-order valence-electron chi connectivity index (χ1n) is 8.12. The topological polar surface area (TPSA) is 72.8 Å². The third-order valence-corrected chi connectivity index (χ3v) is 4.10. The predicted octanol–water partition coefficient (Wildman–Crippen LogP) is 4.03. The van der Waals surface area contributed by atoms with Gasteiger partial charge >= 0.3 is 6.18 Å². The molecule has 0 saturated heterocycles. The number of carbonyl (C=O) groups is 2. The van der Waals surface area contributed by atoms with Crippen LogP contribution in [-0.2, 0) is 6.18 Å². The summed E-state index contributed by atoms with van der Waals surface area (Å²) in [6.07, 6.45) is -4.88. The minimum absolute atomic E-state index is 0.000491. The van der Waals surface area contributed by atoms with E-state index in [4.69, 9.17) is 9.47 Å². The molecular formula is C19H15F3O5. The first kappa shape index (κ1) is 18.8. The van der Waals surface area contributed by atoms with Crippen LogP contribution >= 0.6 is 0 Å². The Kier molecular flexibility index (Phi) is 5.07. The molecule has 0 atom stereocenters. The average Bonchev–Trinajstić information content (AvgIpc) is 2.66. The van der Waals surface area contributed by atoms with Crippen molar-refractivity contribution in [3.63, 3.8) is 0 Å². The van der Waals surface area contributed by atoms with Crippen LogP contribution in [0.4, 0.5) is 13.2 Å². The fourth-order valence-corrected chi connectivity index (χ4v) is 2.68. The quantitative estimate of drug-likeness (QED) is 0.793.